The zero-order chi connectivity index (χ0) is 14.7. The summed E-state index contributed by atoms with van der Waals surface area (Å²) in [4.78, 5) is 9.47. The highest BCUT2D eigenvalue weighted by molar-refractivity contribution is 5.50. The van der Waals surface area contributed by atoms with Gasteiger partial charge in [-0.25, -0.2) is 9.97 Å². The predicted octanol–water partition coefficient (Wildman–Crippen LogP) is 3.03. The van der Waals surface area contributed by atoms with Gasteiger partial charge >= 0.3 is 0 Å². The van der Waals surface area contributed by atoms with Crippen molar-refractivity contribution in [3.63, 3.8) is 0 Å². The SMILES string of the molecule is Cc1nc2c(c(NC3C4CCOC4C34CCC4)n1)CCCC2. The van der Waals surface area contributed by atoms with Gasteiger partial charge in [-0.3, -0.25) is 0 Å². The Kier molecular flexibility index (Phi) is 2.82. The normalized spacial score (nSPS) is 34.5. The molecule has 0 aromatic carbocycles. The van der Waals surface area contributed by atoms with Crippen LogP contribution in [0.25, 0.3) is 0 Å². The number of hydrogen-bond donors (Lipinski definition) is 1. The standard InChI is InChI=1S/C18H25N3O/c1-11-19-14-6-3-2-5-12(14)17(20-11)21-15-13-7-10-22-16(13)18(15)8-4-9-18/h13,15-16H,2-10H2,1H3,(H,19,20,21). The van der Waals surface area contributed by atoms with Crippen molar-refractivity contribution in [1.29, 1.82) is 0 Å². The largest absolute Gasteiger partial charge is 0.377 e. The van der Waals surface area contributed by atoms with Crippen LogP contribution in [-0.2, 0) is 17.6 Å². The molecule has 4 aliphatic rings. The second-order valence-electron chi connectivity index (χ2n) is 7.70. The molecular formula is C18H25N3O. The van der Waals surface area contributed by atoms with Crippen LogP contribution >= 0.6 is 0 Å². The molecule has 3 fully saturated rings. The van der Waals surface area contributed by atoms with Crippen LogP contribution in [0.4, 0.5) is 5.82 Å². The summed E-state index contributed by atoms with van der Waals surface area (Å²) in [5.74, 6) is 2.77. The van der Waals surface area contributed by atoms with Crippen LogP contribution in [-0.4, -0.2) is 28.7 Å². The first-order valence-electron chi connectivity index (χ1n) is 9.02. The lowest BCUT2D eigenvalue weighted by atomic mass is 9.46. The summed E-state index contributed by atoms with van der Waals surface area (Å²) in [6.07, 6.45) is 10.6. The molecule has 22 heavy (non-hydrogen) atoms. The molecule has 0 radical (unpaired) electrons. The molecule has 1 N–H and O–H groups in total. The molecule has 0 amide bonds. The van der Waals surface area contributed by atoms with Gasteiger partial charge < -0.3 is 10.1 Å². The van der Waals surface area contributed by atoms with Gasteiger partial charge in [0.05, 0.1) is 6.10 Å². The molecule has 1 aromatic heterocycles. The number of nitrogens with zero attached hydrogens (tertiary/aromatic N) is 2. The first-order valence-corrected chi connectivity index (χ1v) is 9.02. The molecule has 5 rings (SSSR count). The number of nitrogens with one attached hydrogen (secondary N) is 1. The van der Waals surface area contributed by atoms with E-state index in [9.17, 15) is 0 Å². The van der Waals surface area contributed by atoms with Crippen LogP contribution in [0.2, 0.25) is 0 Å². The molecule has 1 aromatic rings. The molecule has 4 heteroatoms. The Morgan fingerprint density at radius 1 is 1.14 bits per heavy atom. The van der Waals surface area contributed by atoms with Gasteiger partial charge in [0.2, 0.25) is 0 Å². The summed E-state index contributed by atoms with van der Waals surface area (Å²) in [6.45, 7) is 2.98. The molecule has 1 spiro atoms. The van der Waals surface area contributed by atoms with E-state index in [1.165, 1.54) is 49.8 Å². The monoisotopic (exact) mass is 299 g/mol. The number of aryl methyl sites for hydroxylation is 2. The van der Waals surface area contributed by atoms with Gasteiger partial charge in [-0.2, -0.15) is 0 Å². The van der Waals surface area contributed by atoms with Crippen molar-refractivity contribution in [2.24, 2.45) is 11.3 Å². The molecule has 0 bridgehead atoms. The number of fused-ring (bicyclic) bond motifs is 3. The summed E-state index contributed by atoms with van der Waals surface area (Å²) in [5, 5.41) is 3.88. The highest BCUT2D eigenvalue weighted by atomic mass is 16.5. The lowest BCUT2D eigenvalue weighted by Gasteiger charge is -2.63. The van der Waals surface area contributed by atoms with E-state index >= 15 is 0 Å². The highest BCUT2D eigenvalue weighted by Crippen LogP contribution is 2.63. The van der Waals surface area contributed by atoms with Crippen molar-refractivity contribution in [3.05, 3.63) is 17.1 Å². The lowest BCUT2D eigenvalue weighted by Crippen LogP contribution is -2.69. The smallest absolute Gasteiger partial charge is 0.133 e. The molecule has 2 saturated carbocycles. The molecule has 3 unspecified atom stereocenters. The Labute approximate surface area is 132 Å². The number of aromatic nitrogens is 2. The molecule has 1 aliphatic heterocycles. The van der Waals surface area contributed by atoms with Gasteiger partial charge in [-0.1, -0.05) is 6.42 Å². The Hall–Kier alpha value is -1.16. The number of anilines is 1. The fourth-order valence-electron chi connectivity index (χ4n) is 5.44. The Bertz CT molecular complexity index is 611. The highest BCUT2D eigenvalue weighted by Gasteiger charge is 2.66. The maximum Gasteiger partial charge on any atom is 0.133 e. The lowest BCUT2D eigenvalue weighted by molar-refractivity contribution is -0.158. The second-order valence-corrected chi connectivity index (χ2v) is 7.70. The van der Waals surface area contributed by atoms with Crippen molar-refractivity contribution < 1.29 is 4.74 Å². The average molecular weight is 299 g/mol. The first kappa shape index (κ1) is 13.3. The number of rotatable bonds is 2. The number of ether oxygens (including phenoxy) is 1. The van der Waals surface area contributed by atoms with E-state index in [2.05, 4.69) is 10.3 Å². The third kappa shape index (κ3) is 1.67. The van der Waals surface area contributed by atoms with Gasteiger partial charge in [0, 0.05) is 35.2 Å². The van der Waals surface area contributed by atoms with Crippen LogP contribution < -0.4 is 5.32 Å². The summed E-state index contributed by atoms with van der Waals surface area (Å²) in [6, 6.07) is 0.578. The summed E-state index contributed by atoms with van der Waals surface area (Å²) in [7, 11) is 0. The summed E-state index contributed by atoms with van der Waals surface area (Å²) >= 11 is 0. The molecule has 4 nitrogen and oxygen atoms in total. The quantitative estimate of drug-likeness (QED) is 0.912. The minimum absolute atomic E-state index is 0.418. The molecular weight excluding hydrogens is 274 g/mol. The van der Waals surface area contributed by atoms with Gasteiger partial charge in [0.1, 0.15) is 11.6 Å². The van der Waals surface area contributed by atoms with Gasteiger partial charge in [0.15, 0.2) is 0 Å². The Morgan fingerprint density at radius 2 is 2.00 bits per heavy atom. The van der Waals surface area contributed by atoms with Crippen LogP contribution in [0.1, 0.15) is 55.6 Å². The predicted molar refractivity (Wildman–Crippen MR) is 85.0 cm³/mol. The molecule has 118 valence electrons. The van der Waals surface area contributed by atoms with Crippen LogP contribution in [0, 0.1) is 18.3 Å². The number of hydrogen-bond acceptors (Lipinski definition) is 4. The fourth-order valence-corrected chi connectivity index (χ4v) is 5.44. The minimum Gasteiger partial charge on any atom is -0.377 e. The first-order chi connectivity index (χ1) is 10.8. The van der Waals surface area contributed by atoms with E-state index in [1.54, 1.807) is 0 Å². The fraction of sp³-hybridized carbons (Fsp3) is 0.778. The van der Waals surface area contributed by atoms with Gasteiger partial charge in [-0.05, 0) is 51.9 Å². The van der Waals surface area contributed by atoms with Crippen molar-refractivity contribution in [2.45, 2.75) is 70.4 Å². The summed E-state index contributed by atoms with van der Waals surface area (Å²) < 4.78 is 6.04. The Balaban J connectivity index is 1.47. The second kappa shape index (κ2) is 4.67. The molecule has 1 saturated heterocycles. The van der Waals surface area contributed by atoms with Crippen molar-refractivity contribution in [2.75, 3.05) is 11.9 Å². The summed E-state index contributed by atoms with van der Waals surface area (Å²) in [5.41, 5.74) is 3.11. The van der Waals surface area contributed by atoms with E-state index in [-0.39, 0.29) is 0 Å². The maximum absolute atomic E-state index is 6.04. The third-order valence-electron chi connectivity index (χ3n) is 6.62. The molecule has 3 aliphatic carbocycles. The van der Waals surface area contributed by atoms with E-state index in [0.717, 1.165) is 31.1 Å². The van der Waals surface area contributed by atoms with Crippen molar-refractivity contribution in [3.8, 4) is 0 Å². The van der Waals surface area contributed by atoms with E-state index < -0.39 is 0 Å². The van der Waals surface area contributed by atoms with E-state index in [1.807, 2.05) is 6.92 Å². The zero-order valence-corrected chi connectivity index (χ0v) is 13.4. The third-order valence-corrected chi connectivity index (χ3v) is 6.62. The minimum atomic E-state index is 0.418. The van der Waals surface area contributed by atoms with Crippen LogP contribution in [0.15, 0.2) is 0 Å². The van der Waals surface area contributed by atoms with E-state index in [4.69, 9.17) is 9.72 Å². The maximum atomic E-state index is 6.04. The van der Waals surface area contributed by atoms with Crippen LogP contribution in [0.3, 0.4) is 0 Å². The van der Waals surface area contributed by atoms with E-state index in [0.29, 0.717) is 23.5 Å². The Morgan fingerprint density at radius 3 is 2.82 bits per heavy atom. The van der Waals surface area contributed by atoms with Crippen molar-refractivity contribution >= 4 is 5.82 Å². The van der Waals surface area contributed by atoms with Gasteiger partial charge in [-0.15, -0.1) is 0 Å². The van der Waals surface area contributed by atoms with Crippen molar-refractivity contribution in [1.82, 2.24) is 9.97 Å². The van der Waals surface area contributed by atoms with Gasteiger partial charge in [0.25, 0.3) is 0 Å². The van der Waals surface area contributed by atoms with Crippen LogP contribution in [0.5, 0.6) is 0 Å². The average Bonchev–Trinajstić information content (AvgIpc) is 2.88. The topological polar surface area (TPSA) is 47.0 Å². The molecule has 3 atom stereocenters. The zero-order valence-electron chi connectivity index (χ0n) is 13.4. The molecule has 2 heterocycles.